The molecule has 0 amide bonds. The molecule has 0 aliphatic heterocycles. The van der Waals surface area contributed by atoms with Crippen LogP contribution < -0.4 is 5.32 Å². The third-order valence-electron chi connectivity index (χ3n) is 2.74. The number of nitrogens with zero attached hydrogens (tertiary/aromatic N) is 2. The van der Waals surface area contributed by atoms with Crippen molar-refractivity contribution < 1.29 is 4.42 Å². The maximum absolute atomic E-state index is 8.88. The van der Waals surface area contributed by atoms with E-state index in [9.17, 15) is 0 Å². The summed E-state index contributed by atoms with van der Waals surface area (Å²) in [7, 11) is 0. The van der Waals surface area contributed by atoms with Crippen LogP contribution >= 0.6 is 0 Å². The number of oxazole rings is 1. The van der Waals surface area contributed by atoms with E-state index < -0.39 is 0 Å². The first-order valence-corrected chi connectivity index (χ1v) is 5.80. The second-order valence-corrected chi connectivity index (χ2v) is 4.32. The maximum atomic E-state index is 8.88. The number of rotatable bonds is 3. The third kappa shape index (κ3) is 2.51. The Morgan fingerprint density at radius 1 is 1.39 bits per heavy atom. The van der Waals surface area contributed by atoms with Gasteiger partial charge in [-0.05, 0) is 44.5 Å². The molecule has 4 heteroatoms. The highest BCUT2D eigenvalue weighted by Crippen LogP contribution is 2.21. The summed E-state index contributed by atoms with van der Waals surface area (Å²) in [6.45, 7) is 5.78. The lowest BCUT2D eigenvalue weighted by Gasteiger charge is -2.12. The molecule has 1 unspecified atom stereocenters. The standard InChI is InChI=1S/C14H15N3O/c1-9-6-13(5-4-12(9)7-15)17-11(3)14-16-8-10(2)18-14/h4-6,8,11,17H,1-3H3. The lowest BCUT2D eigenvalue weighted by atomic mass is 10.1. The van der Waals surface area contributed by atoms with E-state index in [0.717, 1.165) is 17.0 Å². The smallest absolute Gasteiger partial charge is 0.216 e. The van der Waals surface area contributed by atoms with Gasteiger partial charge in [0.05, 0.1) is 17.8 Å². The molecule has 1 N–H and O–H groups in total. The zero-order valence-electron chi connectivity index (χ0n) is 10.7. The number of nitrogens with one attached hydrogen (secondary N) is 1. The summed E-state index contributed by atoms with van der Waals surface area (Å²) >= 11 is 0. The van der Waals surface area contributed by atoms with Crippen molar-refractivity contribution >= 4 is 5.69 Å². The molecular weight excluding hydrogens is 226 g/mol. The Morgan fingerprint density at radius 2 is 2.17 bits per heavy atom. The van der Waals surface area contributed by atoms with E-state index in [1.807, 2.05) is 39.0 Å². The highest BCUT2D eigenvalue weighted by Gasteiger charge is 2.11. The molecule has 0 saturated heterocycles. The van der Waals surface area contributed by atoms with Crippen LogP contribution in [0.4, 0.5) is 5.69 Å². The number of hydrogen-bond donors (Lipinski definition) is 1. The first kappa shape index (κ1) is 12.2. The quantitative estimate of drug-likeness (QED) is 0.895. The van der Waals surface area contributed by atoms with Gasteiger partial charge in [0.1, 0.15) is 11.8 Å². The lowest BCUT2D eigenvalue weighted by molar-refractivity contribution is 0.453. The Kier molecular flexibility index (Phi) is 3.33. The van der Waals surface area contributed by atoms with E-state index in [-0.39, 0.29) is 6.04 Å². The SMILES string of the molecule is Cc1cnc(C(C)Nc2ccc(C#N)c(C)c2)o1. The molecule has 0 bridgehead atoms. The van der Waals surface area contributed by atoms with E-state index >= 15 is 0 Å². The highest BCUT2D eigenvalue weighted by atomic mass is 16.4. The molecule has 0 saturated carbocycles. The predicted octanol–water partition coefficient (Wildman–Crippen LogP) is 3.34. The number of anilines is 1. The molecule has 92 valence electrons. The summed E-state index contributed by atoms with van der Waals surface area (Å²) in [5, 5.41) is 12.2. The van der Waals surface area contributed by atoms with Crippen LogP contribution in [0.25, 0.3) is 0 Å². The average molecular weight is 241 g/mol. The van der Waals surface area contributed by atoms with Gasteiger partial charge in [0, 0.05) is 5.69 Å². The number of hydrogen-bond acceptors (Lipinski definition) is 4. The number of aromatic nitrogens is 1. The Hall–Kier alpha value is -2.28. The molecule has 1 heterocycles. The summed E-state index contributed by atoms with van der Waals surface area (Å²) in [4.78, 5) is 4.19. The first-order chi connectivity index (χ1) is 8.60. The fourth-order valence-electron chi connectivity index (χ4n) is 1.76. The van der Waals surface area contributed by atoms with Gasteiger partial charge in [-0.1, -0.05) is 0 Å². The normalized spacial score (nSPS) is 11.9. The molecular formula is C14H15N3O. The van der Waals surface area contributed by atoms with Crippen molar-refractivity contribution in [1.29, 1.82) is 5.26 Å². The monoisotopic (exact) mass is 241 g/mol. The van der Waals surface area contributed by atoms with Crippen molar-refractivity contribution in [1.82, 2.24) is 4.98 Å². The van der Waals surface area contributed by atoms with Crippen molar-refractivity contribution in [2.24, 2.45) is 0 Å². The zero-order valence-corrected chi connectivity index (χ0v) is 10.7. The Bertz CT molecular complexity index is 595. The highest BCUT2D eigenvalue weighted by molar-refractivity contribution is 5.52. The molecule has 2 rings (SSSR count). The molecule has 0 fully saturated rings. The van der Waals surface area contributed by atoms with Crippen LogP contribution in [-0.4, -0.2) is 4.98 Å². The fraction of sp³-hybridized carbons (Fsp3) is 0.286. The van der Waals surface area contributed by atoms with Crippen LogP contribution in [0.1, 0.15) is 35.7 Å². The van der Waals surface area contributed by atoms with Gasteiger partial charge in [-0.2, -0.15) is 5.26 Å². The van der Waals surface area contributed by atoms with Crippen LogP contribution in [0.5, 0.6) is 0 Å². The van der Waals surface area contributed by atoms with E-state index in [0.29, 0.717) is 11.5 Å². The number of benzene rings is 1. The van der Waals surface area contributed by atoms with Gasteiger partial charge in [-0.3, -0.25) is 0 Å². The van der Waals surface area contributed by atoms with Crippen LogP contribution in [0.3, 0.4) is 0 Å². The molecule has 0 aliphatic carbocycles. The Balaban J connectivity index is 2.15. The Morgan fingerprint density at radius 3 is 2.72 bits per heavy atom. The van der Waals surface area contributed by atoms with Gasteiger partial charge in [-0.25, -0.2) is 4.98 Å². The summed E-state index contributed by atoms with van der Waals surface area (Å²) < 4.78 is 5.47. The van der Waals surface area contributed by atoms with Gasteiger partial charge >= 0.3 is 0 Å². The number of aryl methyl sites for hydroxylation is 2. The van der Waals surface area contributed by atoms with Crippen molar-refractivity contribution in [3.05, 3.63) is 47.2 Å². The summed E-state index contributed by atoms with van der Waals surface area (Å²) in [5.41, 5.74) is 2.60. The molecule has 18 heavy (non-hydrogen) atoms. The van der Waals surface area contributed by atoms with Gasteiger partial charge < -0.3 is 9.73 Å². The molecule has 4 nitrogen and oxygen atoms in total. The van der Waals surface area contributed by atoms with Gasteiger partial charge in [0.25, 0.3) is 0 Å². The second kappa shape index (κ2) is 4.92. The summed E-state index contributed by atoms with van der Waals surface area (Å²) in [6.07, 6.45) is 1.71. The van der Waals surface area contributed by atoms with Gasteiger partial charge in [0.2, 0.25) is 5.89 Å². The Labute approximate surface area is 106 Å². The predicted molar refractivity (Wildman–Crippen MR) is 69.2 cm³/mol. The van der Waals surface area contributed by atoms with Crippen LogP contribution in [0.2, 0.25) is 0 Å². The van der Waals surface area contributed by atoms with E-state index in [4.69, 9.17) is 9.68 Å². The topological polar surface area (TPSA) is 61.9 Å². The summed E-state index contributed by atoms with van der Waals surface area (Å²) in [5.74, 6) is 1.46. The molecule has 1 atom stereocenters. The zero-order chi connectivity index (χ0) is 13.1. The minimum Gasteiger partial charge on any atom is -0.444 e. The minimum atomic E-state index is -0.00830. The molecule has 0 radical (unpaired) electrons. The second-order valence-electron chi connectivity index (χ2n) is 4.32. The van der Waals surface area contributed by atoms with E-state index in [2.05, 4.69) is 16.4 Å². The largest absolute Gasteiger partial charge is 0.444 e. The molecule has 1 aromatic carbocycles. The van der Waals surface area contributed by atoms with Crippen molar-refractivity contribution in [3.8, 4) is 6.07 Å². The lowest BCUT2D eigenvalue weighted by Crippen LogP contribution is -2.07. The van der Waals surface area contributed by atoms with Crippen LogP contribution in [-0.2, 0) is 0 Å². The van der Waals surface area contributed by atoms with Gasteiger partial charge in [0.15, 0.2) is 0 Å². The summed E-state index contributed by atoms with van der Waals surface area (Å²) in [6, 6.07) is 7.79. The van der Waals surface area contributed by atoms with Crippen molar-refractivity contribution in [2.75, 3.05) is 5.32 Å². The number of nitriles is 1. The van der Waals surface area contributed by atoms with E-state index in [1.165, 1.54) is 0 Å². The van der Waals surface area contributed by atoms with Crippen LogP contribution in [0, 0.1) is 25.2 Å². The fourth-order valence-corrected chi connectivity index (χ4v) is 1.76. The molecule has 0 spiro atoms. The maximum Gasteiger partial charge on any atom is 0.216 e. The molecule has 1 aromatic heterocycles. The first-order valence-electron chi connectivity index (χ1n) is 5.80. The minimum absolute atomic E-state index is 0.00830. The van der Waals surface area contributed by atoms with E-state index in [1.54, 1.807) is 6.20 Å². The third-order valence-corrected chi connectivity index (χ3v) is 2.74. The average Bonchev–Trinajstić information content (AvgIpc) is 2.76. The van der Waals surface area contributed by atoms with Crippen LogP contribution in [0.15, 0.2) is 28.8 Å². The molecule has 0 aliphatic rings. The molecule has 2 aromatic rings. The van der Waals surface area contributed by atoms with Gasteiger partial charge in [-0.15, -0.1) is 0 Å². The van der Waals surface area contributed by atoms with Crippen molar-refractivity contribution in [2.45, 2.75) is 26.8 Å². The van der Waals surface area contributed by atoms with Crippen molar-refractivity contribution in [3.63, 3.8) is 0 Å².